The zero-order valence-corrected chi connectivity index (χ0v) is 10.7. The van der Waals surface area contributed by atoms with Gasteiger partial charge in [-0.15, -0.1) is 0 Å². The fourth-order valence-electron chi connectivity index (χ4n) is 3.24. The van der Waals surface area contributed by atoms with Gasteiger partial charge in [0, 0.05) is 11.6 Å². The van der Waals surface area contributed by atoms with Crippen molar-refractivity contribution in [3.05, 3.63) is 34.9 Å². The number of ether oxygens (including phenoxy) is 1. The van der Waals surface area contributed by atoms with Crippen LogP contribution < -0.4 is 5.32 Å². The topological polar surface area (TPSA) is 21.3 Å². The van der Waals surface area contributed by atoms with Gasteiger partial charge in [0.1, 0.15) is 0 Å². The first kappa shape index (κ1) is 11.5. The molecule has 92 valence electrons. The predicted octanol–water partition coefficient (Wildman–Crippen LogP) is 3.31. The van der Waals surface area contributed by atoms with Crippen molar-refractivity contribution in [3.8, 4) is 0 Å². The lowest BCUT2D eigenvalue weighted by atomic mass is 9.85. The second kappa shape index (κ2) is 4.60. The Morgan fingerprint density at radius 2 is 2.00 bits per heavy atom. The minimum absolute atomic E-state index is 0.0107. The second-order valence-electron chi connectivity index (χ2n) is 5.03. The van der Waals surface area contributed by atoms with Crippen molar-refractivity contribution in [3.63, 3.8) is 0 Å². The molecule has 0 bridgehead atoms. The summed E-state index contributed by atoms with van der Waals surface area (Å²) < 4.78 is 6.13. The molecule has 0 unspecified atom stereocenters. The highest BCUT2D eigenvalue weighted by Gasteiger charge is 2.45. The molecule has 3 rings (SSSR count). The van der Waals surface area contributed by atoms with E-state index in [1.807, 2.05) is 12.1 Å². The summed E-state index contributed by atoms with van der Waals surface area (Å²) in [5.74, 6) is 0. The Balaban J connectivity index is 1.97. The molecule has 1 aromatic carbocycles. The first-order valence-corrected chi connectivity index (χ1v) is 6.81. The number of benzene rings is 1. The van der Waals surface area contributed by atoms with Crippen LogP contribution in [-0.4, -0.2) is 18.8 Å². The summed E-state index contributed by atoms with van der Waals surface area (Å²) in [6, 6.07) is 8.38. The second-order valence-corrected chi connectivity index (χ2v) is 5.44. The molecule has 1 heterocycles. The van der Waals surface area contributed by atoms with Crippen LogP contribution in [0.4, 0.5) is 0 Å². The van der Waals surface area contributed by atoms with E-state index >= 15 is 0 Å². The molecule has 1 aromatic rings. The van der Waals surface area contributed by atoms with Gasteiger partial charge in [0.05, 0.1) is 18.2 Å². The van der Waals surface area contributed by atoms with Crippen LogP contribution in [-0.2, 0) is 4.74 Å². The highest BCUT2D eigenvalue weighted by atomic mass is 35.5. The fourth-order valence-corrected chi connectivity index (χ4v) is 3.48. The Kier molecular flexibility index (Phi) is 3.12. The number of hydrogen-bond acceptors (Lipinski definition) is 2. The van der Waals surface area contributed by atoms with Gasteiger partial charge < -0.3 is 10.1 Å². The van der Waals surface area contributed by atoms with Crippen LogP contribution in [0.5, 0.6) is 0 Å². The lowest BCUT2D eigenvalue weighted by Gasteiger charge is -2.42. The molecule has 2 fully saturated rings. The van der Waals surface area contributed by atoms with Crippen LogP contribution in [0.15, 0.2) is 24.3 Å². The van der Waals surface area contributed by atoms with Crippen molar-refractivity contribution in [2.24, 2.45) is 0 Å². The smallest absolute Gasteiger partial charge is 0.0877 e. The Morgan fingerprint density at radius 3 is 2.76 bits per heavy atom. The summed E-state index contributed by atoms with van der Waals surface area (Å²) in [5, 5.41) is 4.45. The molecule has 0 amide bonds. The largest absolute Gasteiger partial charge is 0.372 e. The van der Waals surface area contributed by atoms with Gasteiger partial charge in [-0.05, 0) is 24.5 Å². The van der Waals surface area contributed by atoms with Gasteiger partial charge in [0.25, 0.3) is 0 Å². The van der Waals surface area contributed by atoms with E-state index in [-0.39, 0.29) is 11.6 Å². The number of morpholine rings is 1. The molecule has 17 heavy (non-hydrogen) atoms. The van der Waals surface area contributed by atoms with Crippen LogP contribution in [0, 0.1) is 0 Å². The van der Waals surface area contributed by atoms with Crippen LogP contribution in [0.1, 0.15) is 37.3 Å². The van der Waals surface area contributed by atoms with E-state index in [2.05, 4.69) is 17.4 Å². The van der Waals surface area contributed by atoms with Crippen LogP contribution in [0.25, 0.3) is 0 Å². The zero-order valence-electron chi connectivity index (χ0n) is 9.92. The SMILES string of the molecule is Clc1ccccc1[C@H]1NCCOC12CCCC2. The molecule has 0 aromatic heterocycles. The molecule has 1 N–H and O–H groups in total. The van der Waals surface area contributed by atoms with Crippen molar-refractivity contribution < 1.29 is 4.74 Å². The van der Waals surface area contributed by atoms with Gasteiger partial charge in [-0.25, -0.2) is 0 Å². The third-order valence-electron chi connectivity index (χ3n) is 4.03. The molecule has 1 aliphatic heterocycles. The third-order valence-corrected chi connectivity index (χ3v) is 4.38. The molecular formula is C14H18ClNO. The minimum Gasteiger partial charge on any atom is -0.372 e. The van der Waals surface area contributed by atoms with Crippen molar-refractivity contribution in [2.45, 2.75) is 37.3 Å². The van der Waals surface area contributed by atoms with E-state index in [1.165, 1.54) is 18.4 Å². The molecule has 1 aliphatic carbocycles. The number of nitrogens with one attached hydrogen (secondary N) is 1. The Labute approximate surface area is 107 Å². The van der Waals surface area contributed by atoms with E-state index in [0.717, 1.165) is 31.0 Å². The van der Waals surface area contributed by atoms with Gasteiger partial charge in [0.2, 0.25) is 0 Å². The van der Waals surface area contributed by atoms with E-state index in [4.69, 9.17) is 16.3 Å². The van der Waals surface area contributed by atoms with Crippen molar-refractivity contribution in [2.75, 3.05) is 13.2 Å². The maximum atomic E-state index is 6.32. The summed E-state index contributed by atoms with van der Waals surface area (Å²) in [5.41, 5.74) is 1.18. The average molecular weight is 252 g/mol. The van der Waals surface area contributed by atoms with E-state index < -0.39 is 0 Å². The van der Waals surface area contributed by atoms with Gasteiger partial charge in [0.15, 0.2) is 0 Å². The van der Waals surface area contributed by atoms with E-state index in [0.29, 0.717) is 0 Å². The Morgan fingerprint density at radius 1 is 1.24 bits per heavy atom. The molecule has 1 spiro atoms. The zero-order chi connectivity index (χ0) is 11.7. The summed E-state index contributed by atoms with van der Waals surface area (Å²) in [6.07, 6.45) is 4.83. The van der Waals surface area contributed by atoms with Crippen molar-refractivity contribution >= 4 is 11.6 Å². The number of rotatable bonds is 1. The molecule has 1 saturated heterocycles. The van der Waals surface area contributed by atoms with Crippen molar-refractivity contribution in [1.82, 2.24) is 5.32 Å². The summed E-state index contributed by atoms with van der Waals surface area (Å²) in [7, 11) is 0. The van der Waals surface area contributed by atoms with Gasteiger partial charge in [-0.2, -0.15) is 0 Å². The summed E-state index contributed by atoms with van der Waals surface area (Å²) in [4.78, 5) is 0. The highest BCUT2D eigenvalue weighted by Crippen LogP contribution is 2.45. The average Bonchev–Trinajstić information content (AvgIpc) is 2.80. The number of halogens is 1. The predicted molar refractivity (Wildman–Crippen MR) is 69.3 cm³/mol. The molecular weight excluding hydrogens is 234 g/mol. The lowest BCUT2D eigenvalue weighted by molar-refractivity contribution is -0.0934. The normalized spacial score (nSPS) is 27.5. The van der Waals surface area contributed by atoms with E-state index in [1.54, 1.807) is 0 Å². The molecule has 1 atom stereocenters. The van der Waals surface area contributed by atoms with Gasteiger partial charge >= 0.3 is 0 Å². The molecule has 2 nitrogen and oxygen atoms in total. The maximum absolute atomic E-state index is 6.32. The lowest BCUT2D eigenvalue weighted by Crippen LogP contribution is -2.50. The van der Waals surface area contributed by atoms with Gasteiger partial charge in [-0.1, -0.05) is 42.6 Å². The first-order chi connectivity index (χ1) is 8.32. The van der Waals surface area contributed by atoms with Crippen molar-refractivity contribution in [1.29, 1.82) is 0 Å². The first-order valence-electron chi connectivity index (χ1n) is 6.44. The summed E-state index contributed by atoms with van der Waals surface area (Å²) in [6.45, 7) is 1.73. The van der Waals surface area contributed by atoms with Gasteiger partial charge in [-0.3, -0.25) is 0 Å². The van der Waals surface area contributed by atoms with Crippen LogP contribution in [0.2, 0.25) is 5.02 Å². The Hall–Kier alpha value is -0.570. The third kappa shape index (κ3) is 1.99. The molecule has 3 heteroatoms. The minimum atomic E-state index is -0.0107. The maximum Gasteiger partial charge on any atom is 0.0877 e. The summed E-state index contributed by atoms with van der Waals surface area (Å²) >= 11 is 6.32. The molecule has 0 radical (unpaired) electrons. The molecule has 2 aliphatic rings. The molecule has 1 saturated carbocycles. The standard InChI is InChI=1S/C14H18ClNO/c15-12-6-2-1-5-11(12)13-14(7-3-4-8-14)17-10-9-16-13/h1-2,5-6,13,16H,3-4,7-10H2/t13-/m1/s1. The number of hydrogen-bond donors (Lipinski definition) is 1. The fraction of sp³-hybridized carbons (Fsp3) is 0.571. The monoisotopic (exact) mass is 251 g/mol. The quantitative estimate of drug-likeness (QED) is 0.827. The Bertz CT molecular complexity index is 401. The highest BCUT2D eigenvalue weighted by molar-refractivity contribution is 6.31. The van der Waals surface area contributed by atoms with Crippen LogP contribution in [0.3, 0.4) is 0 Å². The van der Waals surface area contributed by atoms with Crippen LogP contribution >= 0.6 is 11.6 Å². The van der Waals surface area contributed by atoms with E-state index in [9.17, 15) is 0 Å².